The molecule has 21 heavy (non-hydrogen) atoms. The summed E-state index contributed by atoms with van der Waals surface area (Å²) in [4.78, 5) is 8.21. The zero-order valence-corrected chi connectivity index (χ0v) is 12.8. The molecule has 5 N–H and O–H groups in total. The van der Waals surface area contributed by atoms with Gasteiger partial charge in [-0.15, -0.1) is 0 Å². The van der Waals surface area contributed by atoms with E-state index in [0.29, 0.717) is 31.2 Å². The first-order chi connectivity index (χ1) is 10.2. The Morgan fingerprint density at radius 1 is 1.57 bits per heavy atom. The molecule has 1 atom stereocenters. The van der Waals surface area contributed by atoms with E-state index in [0.717, 1.165) is 24.8 Å². The summed E-state index contributed by atoms with van der Waals surface area (Å²) in [5, 5.41) is 15.9. The number of nitrogens with two attached hydrogens (primary N) is 1. The maximum absolute atomic E-state index is 9.38. The van der Waals surface area contributed by atoms with E-state index in [1.165, 1.54) is 6.34 Å². The summed E-state index contributed by atoms with van der Waals surface area (Å²) in [6, 6.07) is 0.111. The third-order valence-corrected chi connectivity index (χ3v) is 3.31. The molecule has 0 spiro atoms. The smallest absolute Gasteiger partial charge is 0.118 e. The summed E-state index contributed by atoms with van der Waals surface area (Å²) in [5.74, 6) is 0.501. The summed E-state index contributed by atoms with van der Waals surface area (Å²) in [6.45, 7) is 8.09. The molecule has 6 nitrogen and oxygen atoms in total. The van der Waals surface area contributed by atoms with Crippen molar-refractivity contribution in [2.24, 2.45) is 15.7 Å². The number of rotatable bonds is 7. The Morgan fingerprint density at radius 2 is 2.38 bits per heavy atom. The van der Waals surface area contributed by atoms with Crippen molar-refractivity contribution in [3.05, 3.63) is 23.9 Å². The highest BCUT2D eigenvalue weighted by atomic mass is 16.3. The molecular weight excluding hydrogens is 266 g/mol. The van der Waals surface area contributed by atoms with E-state index >= 15 is 0 Å². The molecule has 1 rings (SSSR count). The lowest BCUT2D eigenvalue weighted by atomic mass is 10.1. The second-order valence-corrected chi connectivity index (χ2v) is 5.07. The third-order valence-electron chi connectivity index (χ3n) is 3.31. The van der Waals surface area contributed by atoms with Crippen LogP contribution in [-0.2, 0) is 0 Å². The fourth-order valence-electron chi connectivity index (χ4n) is 1.95. The van der Waals surface area contributed by atoms with E-state index in [4.69, 9.17) is 5.73 Å². The van der Waals surface area contributed by atoms with Crippen LogP contribution in [0.1, 0.15) is 26.2 Å². The van der Waals surface area contributed by atoms with Gasteiger partial charge in [-0.05, 0) is 12.0 Å². The zero-order chi connectivity index (χ0) is 15.5. The number of nitrogens with zero attached hydrogens (tertiary/aromatic N) is 2. The fraction of sp³-hybridized carbons (Fsp3) is 0.600. The first-order valence-corrected chi connectivity index (χ1v) is 7.45. The number of hydrogen-bond acceptors (Lipinski definition) is 6. The monoisotopic (exact) mass is 293 g/mol. The van der Waals surface area contributed by atoms with Crippen molar-refractivity contribution in [2.45, 2.75) is 32.2 Å². The lowest BCUT2D eigenvalue weighted by molar-refractivity contribution is 0.236. The summed E-state index contributed by atoms with van der Waals surface area (Å²) >= 11 is 0. The second-order valence-electron chi connectivity index (χ2n) is 5.07. The van der Waals surface area contributed by atoms with E-state index in [9.17, 15) is 5.11 Å². The minimum absolute atomic E-state index is 0.111. The lowest BCUT2D eigenvalue weighted by Gasteiger charge is -2.17. The largest absolute Gasteiger partial charge is 0.395 e. The Morgan fingerprint density at radius 3 is 3.10 bits per heavy atom. The highest BCUT2D eigenvalue weighted by molar-refractivity contribution is 5.89. The maximum Gasteiger partial charge on any atom is 0.118 e. The first-order valence-electron chi connectivity index (χ1n) is 7.45. The second kappa shape index (κ2) is 10.3. The summed E-state index contributed by atoms with van der Waals surface area (Å²) in [7, 11) is 0. The van der Waals surface area contributed by atoms with Crippen LogP contribution in [0.15, 0.2) is 33.9 Å². The third kappa shape index (κ3) is 7.17. The Labute approximate surface area is 126 Å². The Kier molecular flexibility index (Phi) is 8.57. The van der Waals surface area contributed by atoms with Gasteiger partial charge in [-0.1, -0.05) is 32.4 Å². The van der Waals surface area contributed by atoms with Gasteiger partial charge in [0.2, 0.25) is 0 Å². The maximum atomic E-state index is 9.38. The first kappa shape index (κ1) is 17.6. The number of aliphatic imine (C=N–C) groups is 2. The zero-order valence-electron chi connectivity index (χ0n) is 12.8. The van der Waals surface area contributed by atoms with Crippen molar-refractivity contribution in [2.75, 3.05) is 26.2 Å². The van der Waals surface area contributed by atoms with Gasteiger partial charge in [0.05, 0.1) is 18.8 Å². The molecule has 0 fully saturated rings. The van der Waals surface area contributed by atoms with Crippen LogP contribution in [0, 0.1) is 0 Å². The molecule has 0 unspecified atom stereocenters. The van der Waals surface area contributed by atoms with Crippen LogP contribution in [-0.4, -0.2) is 49.6 Å². The topological polar surface area (TPSA) is 95.0 Å². The summed E-state index contributed by atoms with van der Waals surface area (Å²) < 4.78 is 0. The van der Waals surface area contributed by atoms with Gasteiger partial charge in [-0.25, -0.2) is 9.98 Å². The molecule has 0 aromatic rings. The van der Waals surface area contributed by atoms with Gasteiger partial charge in [-0.2, -0.15) is 0 Å². The average Bonchev–Trinajstić information content (AvgIpc) is 2.48. The molecule has 0 radical (unpaired) electrons. The molecule has 0 bridgehead atoms. The van der Waals surface area contributed by atoms with Crippen LogP contribution in [0.4, 0.5) is 0 Å². The number of nitrogens with one attached hydrogen (secondary N) is 2. The predicted octanol–water partition coefficient (Wildman–Crippen LogP) is 0.556. The van der Waals surface area contributed by atoms with E-state index in [-0.39, 0.29) is 12.6 Å². The molecule has 0 saturated carbocycles. The van der Waals surface area contributed by atoms with Gasteiger partial charge < -0.3 is 21.5 Å². The van der Waals surface area contributed by atoms with Crippen LogP contribution < -0.4 is 16.4 Å². The lowest BCUT2D eigenvalue weighted by Crippen LogP contribution is -2.34. The van der Waals surface area contributed by atoms with Gasteiger partial charge in [0.25, 0.3) is 0 Å². The summed E-state index contributed by atoms with van der Waals surface area (Å²) in [6.07, 6.45) is 6.67. The molecule has 118 valence electrons. The molecule has 1 aliphatic heterocycles. The molecule has 0 saturated heterocycles. The predicted molar refractivity (Wildman–Crippen MR) is 88.6 cm³/mol. The highest BCUT2D eigenvalue weighted by Gasteiger charge is 2.09. The van der Waals surface area contributed by atoms with Gasteiger partial charge >= 0.3 is 0 Å². The Hall–Kier alpha value is -1.50. The van der Waals surface area contributed by atoms with Crippen molar-refractivity contribution in [3.63, 3.8) is 0 Å². The number of hydrogen-bond donors (Lipinski definition) is 4. The highest BCUT2D eigenvalue weighted by Crippen LogP contribution is 2.09. The average molecular weight is 293 g/mol. The van der Waals surface area contributed by atoms with Crippen LogP contribution in [0.25, 0.3) is 0 Å². The Bertz CT molecular complexity index is 414. The minimum Gasteiger partial charge on any atom is -0.395 e. The van der Waals surface area contributed by atoms with E-state index in [1.807, 2.05) is 6.08 Å². The van der Waals surface area contributed by atoms with Gasteiger partial charge in [0.15, 0.2) is 0 Å². The van der Waals surface area contributed by atoms with Crippen molar-refractivity contribution < 1.29 is 5.11 Å². The van der Waals surface area contributed by atoms with Crippen molar-refractivity contribution in [1.29, 1.82) is 0 Å². The van der Waals surface area contributed by atoms with Gasteiger partial charge in [0, 0.05) is 19.1 Å². The molecule has 0 aromatic carbocycles. The normalized spacial score (nSPS) is 24.6. The SMILES string of the molecule is C=C1/N=C\N=C(\N)CNC/C=C/1CN[C@H](CO)CCCC. The standard InChI is InChI=1S/C15H27N5O/c1-3-4-5-14(10-21)18-8-13-6-7-17-9-15(16)20-11-19-12(13)2/h6,11,14,17-18,21H,2-5,7-10H2,1H3,(H2,16,19,20)/b13-6+/t14-/m0/s1. The summed E-state index contributed by atoms with van der Waals surface area (Å²) in [5.41, 5.74) is 7.34. The number of amidine groups is 1. The van der Waals surface area contributed by atoms with Gasteiger partial charge in [-0.3, -0.25) is 0 Å². The fourth-order valence-corrected chi connectivity index (χ4v) is 1.95. The molecule has 1 aliphatic rings. The van der Waals surface area contributed by atoms with E-state index < -0.39 is 0 Å². The molecule has 0 aliphatic carbocycles. The molecule has 6 heteroatoms. The number of unbranched alkanes of at least 4 members (excludes halogenated alkanes) is 1. The van der Waals surface area contributed by atoms with Crippen molar-refractivity contribution in [3.8, 4) is 0 Å². The van der Waals surface area contributed by atoms with Crippen LogP contribution in [0.2, 0.25) is 0 Å². The molecule has 0 aromatic heterocycles. The van der Waals surface area contributed by atoms with Crippen molar-refractivity contribution in [1.82, 2.24) is 10.6 Å². The van der Waals surface area contributed by atoms with Crippen LogP contribution in [0.3, 0.4) is 0 Å². The van der Waals surface area contributed by atoms with Crippen LogP contribution in [0.5, 0.6) is 0 Å². The quantitative estimate of drug-likeness (QED) is 0.551. The molecule has 0 amide bonds. The van der Waals surface area contributed by atoms with Crippen LogP contribution >= 0.6 is 0 Å². The Balaban J connectivity index is 2.60. The van der Waals surface area contributed by atoms with E-state index in [1.54, 1.807) is 0 Å². The minimum atomic E-state index is 0.111. The van der Waals surface area contributed by atoms with Crippen molar-refractivity contribution >= 4 is 12.2 Å². The number of aliphatic hydroxyl groups excluding tert-OH is 1. The van der Waals surface area contributed by atoms with E-state index in [2.05, 4.69) is 34.1 Å². The van der Waals surface area contributed by atoms with Gasteiger partial charge in [0.1, 0.15) is 12.2 Å². The number of aliphatic hydroxyl groups is 1. The molecule has 1 heterocycles. The molecular formula is C15H27N5O.